The molecule has 0 aromatic heterocycles. The van der Waals surface area contributed by atoms with Gasteiger partial charge < -0.3 is 29.4 Å². The van der Waals surface area contributed by atoms with Gasteiger partial charge >= 0.3 is 24.1 Å². The van der Waals surface area contributed by atoms with Crippen molar-refractivity contribution in [3.63, 3.8) is 0 Å². The summed E-state index contributed by atoms with van der Waals surface area (Å²) < 4.78 is 26.5. The number of rotatable bonds is 12. The number of carbonyl (C=O) groups is 4. The Morgan fingerprint density at radius 1 is 0.795 bits per heavy atom. The molecule has 0 amide bonds. The molecule has 1 aromatic rings. The summed E-state index contributed by atoms with van der Waals surface area (Å²) >= 11 is 0. The first-order valence-corrected chi connectivity index (χ1v) is 13.3. The van der Waals surface area contributed by atoms with Gasteiger partial charge in [0.05, 0.1) is 11.8 Å². The van der Waals surface area contributed by atoms with E-state index in [1.807, 2.05) is 27.7 Å². The molecule has 4 atom stereocenters. The number of hydrogen-bond acceptors (Lipinski definition) is 10. The third kappa shape index (κ3) is 12.1. The first kappa shape index (κ1) is 33.9. The quantitative estimate of drug-likeness (QED) is 0.283. The number of carbonyl (C=O) groups excluding carboxylic acids is 4. The molecule has 0 fully saturated rings. The third-order valence-electron chi connectivity index (χ3n) is 6.07. The van der Waals surface area contributed by atoms with E-state index in [4.69, 9.17) is 29.4 Å². The molecule has 0 radical (unpaired) electrons. The van der Waals surface area contributed by atoms with Crippen LogP contribution >= 0.6 is 0 Å². The lowest BCUT2D eigenvalue weighted by atomic mass is 9.98. The SMILES string of the molecule is CC(C)C(C)C(=O)Oc1ccc(C[C@H](N)C(=O)O[C@@H](C)COC(=O)OC(C)(C)C)cc1OC(=O)C(C)C(C)C. The van der Waals surface area contributed by atoms with Crippen LogP contribution in [-0.2, 0) is 35.0 Å². The van der Waals surface area contributed by atoms with E-state index in [1.54, 1.807) is 47.6 Å². The van der Waals surface area contributed by atoms with E-state index in [9.17, 15) is 19.2 Å². The van der Waals surface area contributed by atoms with Crippen molar-refractivity contribution in [2.24, 2.45) is 29.4 Å². The molecular formula is C29H45NO9. The van der Waals surface area contributed by atoms with Crippen LogP contribution in [0.5, 0.6) is 11.5 Å². The number of hydrogen-bond donors (Lipinski definition) is 1. The van der Waals surface area contributed by atoms with Gasteiger partial charge in [-0.25, -0.2) is 4.79 Å². The van der Waals surface area contributed by atoms with Gasteiger partial charge in [0.15, 0.2) is 11.5 Å². The molecule has 2 unspecified atom stereocenters. The molecule has 1 aromatic carbocycles. The lowest BCUT2D eigenvalue weighted by Gasteiger charge is -2.21. The van der Waals surface area contributed by atoms with Crippen molar-refractivity contribution < 1.29 is 42.9 Å². The molecular weight excluding hydrogens is 506 g/mol. The van der Waals surface area contributed by atoms with Crippen molar-refractivity contribution in [2.45, 2.75) is 93.4 Å². The Morgan fingerprint density at radius 2 is 1.31 bits per heavy atom. The fraction of sp³-hybridized carbons (Fsp3) is 0.655. The Bertz CT molecular complexity index is 997. The van der Waals surface area contributed by atoms with E-state index >= 15 is 0 Å². The van der Waals surface area contributed by atoms with Gasteiger partial charge in [-0.1, -0.05) is 47.6 Å². The van der Waals surface area contributed by atoms with E-state index in [-0.39, 0.29) is 42.3 Å². The second-order valence-electron chi connectivity index (χ2n) is 11.5. The Labute approximate surface area is 231 Å². The summed E-state index contributed by atoms with van der Waals surface area (Å²) in [5.41, 5.74) is 5.92. The molecule has 0 aliphatic carbocycles. The van der Waals surface area contributed by atoms with Gasteiger partial charge in [0.1, 0.15) is 24.4 Å². The van der Waals surface area contributed by atoms with Crippen LogP contribution in [0.15, 0.2) is 18.2 Å². The molecule has 39 heavy (non-hydrogen) atoms. The first-order valence-electron chi connectivity index (χ1n) is 13.3. The molecule has 0 aliphatic rings. The fourth-order valence-electron chi connectivity index (χ4n) is 2.91. The van der Waals surface area contributed by atoms with E-state index < -0.39 is 47.7 Å². The molecule has 0 aliphatic heterocycles. The van der Waals surface area contributed by atoms with Crippen molar-refractivity contribution >= 4 is 24.1 Å². The second kappa shape index (κ2) is 14.9. The lowest BCUT2D eigenvalue weighted by molar-refractivity contribution is -0.152. The van der Waals surface area contributed by atoms with E-state index in [0.717, 1.165) is 0 Å². The highest BCUT2D eigenvalue weighted by Gasteiger charge is 2.26. The van der Waals surface area contributed by atoms with Gasteiger partial charge in [-0.2, -0.15) is 0 Å². The summed E-state index contributed by atoms with van der Waals surface area (Å²) in [7, 11) is 0. The summed E-state index contributed by atoms with van der Waals surface area (Å²) in [5.74, 6) is -2.13. The van der Waals surface area contributed by atoms with Crippen LogP contribution in [0.1, 0.15) is 74.8 Å². The predicted octanol–water partition coefficient (Wildman–Crippen LogP) is 4.83. The van der Waals surface area contributed by atoms with Gasteiger partial charge in [0, 0.05) is 0 Å². The van der Waals surface area contributed by atoms with E-state index in [1.165, 1.54) is 12.1 Å². The van der Waals surface area contributed by atoms with Crippen LogP contribution in [0.2, 0.25) is 0 Å². The van der Waals surface area contributed by atoms with Gasteiger partial charge in [-0.3, -0.25) is 14.4 Å². The Balaban J connectivity index is 2.96. The zero-order valence-corrected chi connectivity index (χ0v) is 24.9. The first-order chi connectivity index (χ1) is 17.9. The maximum Gasteiger partial charge on any atom is 0.508 e. The van der Waals surface area contributed by atoms with Crippen LogP contribution in [0.4, 0.5) is 4.79 Å². The smallest absolute Gasteiger partial charge is 0.458 e. The Hall–Kier alpha value is -3.14. The van der Waals surface area contributed by atoms with Gasteiger partial charge in [-0.05, 0) is 63.6 Å². The van der Waals surface area contributed by atoms with E-state index in [0.29, 0.717) is 5.56 Å². The third-order valence-corrected chi connectivity index (χ3v) is 6.07. The summed E-state index contributed by atoms with van der Waals surface area (Å²) in [6, 6.07) is 3.61. The van der Waals surface area contributed by atoms with Gasteiger partial charge in [0.25, 0.3) is 0 Å². The number of ether oxygens (including phenoxy) is 5. The lowest BCUT2D eigenvalue weighted by Crippen LogP contribution is -2.37. The molecule has 2 N–H and O–H groups in total. The zero-order valence-electron chi connectivity index (χ0n) is 24.9. The maximum atomic E-state index is 12.7. The molecule has 0 heterocycles. The second-order valence-corrected chi connectivity index (χ2v) is 11.5. The van der Waals surface area contributed by atoms with Crippen LogP contribution in [0.25, 0.3) is 0 Å². The highest BCUT2D eigenvalue weighted by Crippen LogP contribution is 2.31. The number of esters is 3. The molecule has 220 valence electrons. The summed E-state index contributed by atoms with van der Waals surface area (Å²) in [6.07, 6.45) is -1.57. The summed E-state index contributed by atoms with van der Waals surface area (Å²) in [4.78, 5) is 49.5. The van der Waals surface area contributed by atoms with Crippen LogP contribution < -0.4 is 15.2 Å². The minimum absolute atomic E-state index is 0.0390. The predicted molar refractivity (Wildman–Crippen MR) is 145 cm³/mol. The van der Waals surface area contributed by atoms with Crippen LogP contribution in [-0.4, -0.2) is 48.4 Å². The zero-order chi connectivity index (χ0) is 30.1. The Kier molecular flexibility index (Phi) is 12.9. The van der Waals surface area contributed by atoms with E-state index in [2.05, 4.69) is 0 Å². The molecule has 10 heteroatoms. The van der Waals surface area contributed by atoms with Gasteiger partial charge in [0.2, 0.25) is 0 Å². The highest BCUT2D eigenvalue weighted by atomic mass is 16.7. The molecule has 1 rings (SSSR count). The monoisotopic (exact) mass is 551 g/mol. The summed E-state index contributed by atoms with van der Waals surface area (Å²) in [5, 5.41) is 0. The minimum atomic E-state index is -1.05. The maximum absolute atomic E-state index is 12.7. The molecule has 0 spiro atoms. The minimum Gasteiger partial charge on any atom is -0.458 e. The topological polar surface area (TPSA) is 140 Å². The average Bonchev–Trinajstić information content (AvgIpc) is 2.81. The highest BCUT2D eigenvalue weighted by molar-refractivity contribution is 5.79. The number of benzene rings is 1. The Morgan fingerprint density at radius 3 is 1.79 bits per heavy atom. The van der Waals surface area contributed by atoms with Crippen LogP contribution in [0, 0.1) is 23.7 Å². The van der Waals surface area contributed by atoms with Crippen molar-refractivity contribution in [2.75, 3.05) is 6.61 Å². The van der Waals surface area contributed by atoms with Crippen molar-refractivity contribution in [3.8, 4) is 11.5 Å². The fourth-order valence-corrected chi connectivity index (χ4v) is 2.91. The van der Waals surface area contributed by atoms with Crippen LogP contribution in [0.3, 0.4) is 0 Å². The van der Waals surface area contributed by atoms with Crippen molar-refractivity contribution in [1.29, 1.82) is 0 Å². The average molecular weight is 552 g/mol. The standard InChI is InChI=1S/C29H45NO9/c1-16(2)19(6)25(31)37-23-12-11-21(14-24(23)38-26(32)20(7)17(3)4)13-22(30)27(33)36-18(5)15-35-28(34)39-29(8,9)10/h11-12,14,16-20,22H,13,15,30H2,1-10H3/t18-,19?,20?,22-/m0/s1. The molecule has 0 saturated heterocycles. The molecule has 10 nitrogen and oxygen atoms in total. The van der Waals surface area contributed by atoms with Crippen molar-refractivity contribution in [1.82, 2.24) is 0 Å². The normalized spacial score (nSPS) is 14.7. The molecule has 0 bridgehead atoms. The largest absolute Gasteiger partial charge is 0.508 e. The van der Waals surface area contributed by atoms with Crippen molar-refractivity contribution in [3.05, 3.63) is 23.8 Å². The number of nitrogens with two attached hydrogens (primary N) is 1. The molecule has 0 saturated carbocycles. The van der Waals surface area contributed by atoms with Gasteiger partial charge in [-0.15, -0.1) is 0 Å². The summed E-state index contributed by atoms with van der Waals surface area (Å²) in [6.45, 7) is 17.6.